The Morgan fingerprint density at radius 1 is 1.09 bits per heavy atom. The Labute approximate surface area is 199 Å². The van der Waals surface area contributed by atoms with E-state index in [1.165, 1.54) is 5.57 Å². The van der Waals surface area contributed by atoms with Gasteiger partial charge >= 0.3 is 0 Å². The van der Waals surface area contributed by atoms with Gasteiger partial charge in [0.25, 0.3) is 0 Å². The lowest BCUT2D eigenvalue weighted by molar-refractivity contribution is -0.124. The van der Waals surface area contributed by atoms with Crippen LogP contribution in [0, 0.1) is 18.3 Å². The van der Waals surface area contributed by atoms with Gasteiger partial charge in [-0.2, -0.15) is 0 Å². The fraction of sp³-hybridized carbons (Fsp3) is 0.483. The third-order valence-electron chi connectivity index (χ3n) is 6.30. The summed E-state index contributed by atoms with van der Waals surface area (Å²) in [4.78, 5) is 13.7. The highest BCUT2D eigenvalue weighted by atomic mass is 16.5. The van der Waals surface area contributed by atoms with Crippen molar-refractivity contribution in [3.05, 3.63) is 70.5 Å². The molecule has 4 aliphatic rings. The summed E-state index contributed by atoms with van der Waals surface area (Å²) in [5.41, 5.74) is 3.86. The van der Waals surface area contributed by atoms with Gasteiger partial charge in [-0.3, -0.25) is 4.79 Å². The minimum Gasteiger partial charge on any atom is -0.496 e. The van der Waals surface area contributed by atoms with E-state index in [-0.39, 0.29) is 29.1 Å². The first-order valence-corrected chi connectivity index (χ1v) is 12.2. The van der Waals surface area contributed by atoms with Gasteiger partial charge in [0, 0.05) is 5.56 Å². The zero-order chi connectivity index (χ0) is 24.3. The van der Waals surface area contributed by atoms with Gasteiger partial charge in [-0.1, -0.05) is 71.4 Å². The smallest absolute Gasteiger partial charge is 0.177 e. The number of methoxy groups -OCH3 is 1. The highest BCUT2D eigenvalue weighted by Crippen LogP contribution is 2.47. The Bertz CT molecular complexity index is 1020. The van der Waals surface area contributed by atoms with Crippen LogP contribution >= 0.6 is 0 Å². The van der Waals surface area contributed by atoms with E-state index in [4.69, 9.17) is 14.2 Å². The van der Waals surface area contributed by atoms with Crippen LogP contribution in [0.5, 0.6) is 11.5 Å². The van der Waals surface area contributed by atoms with E-state index < -0.39 is 0 Å². The van der Waals surface area contributed by atoms with Crippen LogP contribution in [0.3, 0.4) is 0 Å². The second-order valence-electron chi connectivity index (χ2n) is 9.07. The number of ether oxygens (including phenoxy) is 3. The van der Waals surface area contributed by atoms with Crippen LogP contribution in [0.15, 0.2) is 59.4 Å². The SMILES string of the molecule is CC.CC.COc1cc2c(cc1C)OC[C@H]1OC3=C(C=CC4=CC3C=CC(C)(C)C4)C(=O)[C@@H]21. The molecule has 0 aromatic heterocycles. The molecular formula is C29H38O4. The summed E-state index contributed by atoms with van der Waals surface area (Å²) in [6.07, 6.45) is 11.3. The van der Waals surface area contributed by atoms with Crippen LogP contribution in [-0.4, -0.2) is 25.6 Å². The molecule has 0 fully saturated rings. The first kappa shape index (κ1) is 24.9. The number of Topliss-reactive ketones (excluding diaryl/α,β-unsaturated/α-hetero) is 1. The molecule has 0 amide bonds. The number of allylic oxidation sites excluding steroid dienone is 6. The molecule has 33 heavy (non-hydrogen) atoms. The van der Waals surface area contributed by atoms with E-state index in [1.807, 2.05) is 52.8 Å². The highest BCUT2D eigenvalue weighted by molar-refractivity contribution is 6.05. The average molecular weight is 451 g/mol. The summed E-state index contributed by atoms with van der Waals surface area (Å²) < 4.78 is 17.9. The summed E-state index contributed by atoms with van der Waals surface area (Å²) in [5.74, 6) is 1.98. The molecule has 0 saturated heterocycles. The van der Waals surface area contributed by atoms with Crippen molar-refractivity contribution in [1.29, 1.82) is 0 Å². The fourth-order valence-corrected chi connectivity index (χ4v) is 4.85. The lowest BCUT2D eigenvalue weighted by Gasteiger charge is -2.38. The summed E-state index contributed by atoms with van der Waals surface area (Å²) in [6, 6.07) is 3.89. The predicted molar refractivity (Wildman–Crippen MR) is 134 cm³/mol. The molecule has 2 aliphatic heterocycles. The molecule has 3 atom stereocenters. The van der Waals surface area contributed by atoms with Gasteiger partial charge in [0.05, 0.1) is 24.5 Å². The average Bonchev–Trinajstić information content (AvgIpc) is 3.08. The van der Waals surface area contributed by atoms with E-state index >= 15 is 0 Å². The number of carbonyl (C=O) groups excluding carboxylic acids is 1. The third kappa shape index (κ3) is 4.66. The maximum atomic E-state index is 13.7. The Kier molecular flexibility index (Phi) is 7.56. The van der Waals surface area contributed by atoms with Crippen LogP contribution in [0.2, 0.25) is 0 Å². The van der Waals surface area contributed by atoms with Crippen molar-refractivity contribution in [3.8, 4) is 11.5 Å². The molecule has 1 aromatic rings. The number of rotatable bonds is 1. The maximum Gasteiger partial charge on any atom is 0.177 e. The van der Waals surface area contributed by atoms with Crippen molar-refractivity contribution < 1.29 is 19.0 Å². The van der Waals surface area contributed by atoms with Gasteiger partial charge in [-0.05, 0) is 42.5 Å². The summed E-state index contributed by atoms with van der Waals surface area (Å²) in [6.45, 7) is 14.8. The van der Waals surface area contributed by atoms with Crippen LogP contribution < -0.4 is 9.47 Å². The van der Waals surface area contributed by atoms with Gasteiger partial charge in [-0.25, -0.2) is 0 Å². The number of aryl methyl sites for hydroxylation is 1. The van der Waals surface area contributed by atoms with Crippen LogP contribution in [-0.2, 0) is 9.53 Å². The second kappa shape index (κ2) is 10.0. The molecule has 2 aliphatic carbocycles. The van der Waals surface area contributed by atoms with Gasteiger partial charge in [0.2, 0.25) is 0 Å². The summed E-state index contributed by atoms with van der Waals surface area (Å²) in [5, 5.41) is 0. The highest BCUT2D eigenvalue weighted by Gasteiger charge is 2.45. The molecule has 0 radical (unpaired) electrons. The minimum absolute atomic E-state index is 0.0179. The Balaban J connectivity index is 0.000000728. The molecule has 178 valence electrons. The van der Waals surface area contributed by atoms with Crippen molar-refractivity contribution in [2.45, 2.75) is 66.9 Å². The van der Waals surface area contributed by atoms with Crippen LogP contribution in [0.25, 0.3) is 0 Å². The van der Waals surface area contributed by atoms with E-state index in [1.54, 1.807) is 7.11 Å². The zero-order valence-electron chi connectivity index (χ0n) is 21.3. The topological polar surface area (TPSA) is 44.8 Å². The quantitative estimate of drug-likeness (QED) is 0.439. The molecular weight excluding hydrogens is 412 g/mol. The number of hydrogen-bond acceptors (Lipinski definition) is 4. The van der Waals surface area contributed by atoms with E-state index in [9.17, 15) is 4.79 Å². The molecule has 1 aromatic carbocycles. The molecule has 0 N–H and O–H groups in total. The van der Waals surface area contributed by atoms with Gasteiger partial charge < -0.3 is 14.2 Å². The molecule has 2 heterocycles. The monoisotopic (exact) mass is 450 g/mol. The van der Waals surface area contributed by atoms with Gasteiger partial charge in [-0.15, -0.1) is 0 Å². The van der Waals surface area contributed by atoms with Crippen LogP contribution in [0.1, 0.15) is 65.0 Å². The third-order valence-corrected chi connectivity index (χ3v) is 6.30. The first-order chi connectivity index (χ1) is 15.9. The number of carbonyl (C=O) groups is 1. The normalized spacial score (nSPS) is 25.6. The van der Waals surface area contributed by atoms with Crippen molar-refractivity contribution in [2.24, 2.45) is 11.3 Å². The largest absolute Gasteiger partial charge is 0.496 e. The molecule has 0 saturated carbocycles. The second-order valence-corrected chi connectivity index (χ2v) is 9.07. The van der Waals surface area contributed by atoms with Gasteiger partial charge in [0.15, 0.2) is 5.78 Å². The summed E-state index contributed by atoms with van der Waals surface area (Å²) >= 11 is 0. The number of fused-ring (bicyclic) bond motifs is 5. The minimum atomic E-state index is -0.373. The number of ketones is 1. The fourth-order valence-electron chi connectivity index (χ4n) is 4.85. The lowest BCUT2D eigenvalue weighted by Crippen LogP contribution is -2.42. The van der Waals surface area contributed by atoms with Crippen molar-refractivity contribution in [3.63, 3.8) is 0 Å². The van der Waals surface area contributed by atoms with Crippen molar-refractivity contribution >= 4 is 5.78 Å². The summed E-state index contributed by atoms with van der Waals surface area (Å²) in [7, 11) is 1.65. The van der Waals surface area contributed by atoms with Crippen LogP contribution in [0.4, 0.5) is 0 Å². The molecule has 4 nitrogen and oxygen atoms in total. The Morgan fingerprint density at radius 3 is 2.52 bits per heavy atom. The Morgan fingerprint density at radius 2 is 1.82 bits per heavy atom. The molecule has 2 bridgehead atoms. The molecule has 0 spiro atoms. The number of hydrogen-bond donors (Lipinski definition) is 0. The van der Waals surface area contributed by atoms with Gasteiger partial charge in [0.1, 0.15) is 30.0 Å². The Hall–Kier alpha value is -2.75. The molecule has 5 rings (SSSR count). The predicted octanol–water partition coefficient (Wildman–Crippen LogP) is 6.85. The molecule has 4 heteroatoms. The zero-order valence-corrected chi connectivity index (χ0v) is 21.3. The standard InChI is InChI=1S/C25H26O4.2C2H6/c1-14-9-20-18(11-19(14)27-4)22-21(13-28-20)29-24-16-7-8-25(2,3)12-15(10-16)5-6-17(24)23(22)26;2*1-2/h5-11,16,21-22H,12-13H2,1-4H3;2*1-2H3/t16?,21-,22+;;/m1../s1. The van der Waals surface area contributed by atoms with Crippen molar-refractivity contribution in [1.82, 2.24) is 0 Å². The lowest BCUT2D eigenvalue weighted by atomic mass is 9.80. The van der Waals surface area contributed by atoms with E-state index in [0.29, 0.717) is 12.2 Å². The number of benzene rings is 1. The van der Waals surface area contributed by atoms with E-state index in [2.05, 4.69) is 38.2 Å². The maximum absolute atomic E-state index is 13.7. The molecule has 1 unspecified atom stereocenters. The van der Waals surface area contributed by atoms with E-state index in [0.717, 1.165) is 34.8 Å². The first-order valence-electron chi connectivity index (χ1n) is 12.2. The van der Waals surface area contributed by atoms with Crippen molar-refractivity contribution in [2.75, 3.05) is 13.7 Å².